The molecule has 0 aliphatic rings. The zero-order chi connectivity index (χ0) is 18.3. The topological polar surface area (TPSA) is 87.7 Å². The molecule has 7 heteroatoms. The number of anilines is 1. The highest BCUT2D eigenvalue weighted by atomic mass is 16.5. The first-order chi connectivity index (χ1) is 11.2. The lowest BCUT2D eigenvalue weighted by Crippen LogP contribution is -2.46. The van der Waals surface area contributed by atoms with E-state index in [1.807, 2.05) is 19.0 Å². The standard InChI is InChI=1S/C17H25N3O4/c1-17(2,15(22)18-9-10-20(3)4)16(23)19-13-8-6-7-12(11-13)14(21)24-5/h6-8,11H,9-10H2,1-5H3,(H,18,22)(H,19,23). The fourth-order valence-electron chi connectivity index (χ4n) is 1.85. The van der Waals surface area contributed by atoms with E-state index in [1.165, 1.54) is 13.2 Å². The van der Waals surface area contributed by atoms with E-state index in [-0.39, 0.29) is 5.91 Å². The van der Waals surface area contributed by atoms with E-state index in [9.17, 15) is 14.4 Å². The molecule has 0 aliphatic heterocycles. The third-order valence-corrected chi connectivity index (χ3v) is 3.52. The monoisotopic (exact) mass is 335 g/mol. The van der Waals surface area contributed by atoms with Gasteiger partial charge in [-0.2, -0.15) is 0 Å². The molecule has 0 bridgehead atoms. The molecule has 2 amide bonds. The Hall–Kier alpha value is -2.41. The summed E-state index contributed by atoms with van der Waals surface area (Å²) in [6, 6.07) is 6.36. The van der Waals surface area contributed by atoms with Gasteiger partial charge in [0.1, 0.15) is 5.41 Å². The zero-order valence-electron chi connectivity index (χ0n) is 14.8. The number of nitrogens with one attached hydrogen (secondary N) is 2. The predicted molar refractivity (Wildman–Crippen MR) is 91.8 cm³/mol. The predicted octanol–water partition coefficient (Wildman–Crippen LogP) is 1.12. The molecule has 0 radical (unpaired) electrons. The van der Waals surface area contributed by atoms with E-state index < -0.39 is 17.3 Å². The Kier molecular flexibility index (Phi) is 6.91. The number of hydrogen-bond acceptors (Lipinski definition) is 5. The van der Waals surface area contributed by atoms with Gasteiger partial charge in [-0.1, -0.05) is 6.07 Å². The highest BCUT2D eigenvalue weighted by Crippen LogP contribution is 2.20. The summed E-state index contributed by atoms with van der Waals surface area (Å²) in [6.07, 6.45) is 0. The van der Waals surface area contributed by atoms with Gasteiger partial charge in [0.15, 0.2) is 0 Å². The number of carbonyl (C=O) groups is 3. The Morgan fingerprint density at radius 2 is 1.83 bits per heavy atom. The molecule has 0 spiro atoms. The van der Waals surface area contributed by atoms with E-state index in [0.717, 1.165) is 0 Å². The van der Waals surface area contributed by atoms with Gasteiger partial charge in [0.2, 0.25) is 11.8 Å². The average molecular weight is 335 g/mol. The first-order valence-corrected chi connectivity index (χ1v) is 7.61. The SMILES string of the molecule is COC(=O)c1cccc(NC(=O)C(C)(C)C(=O)NCCN(C)C)c1. The van der Waals surface area contributed by atoms with Crippen LogP contribution in [0.4, 0.5) is 5.69 Å². The van der Waals surface area contributed by atoms with E-state index in [4.69, 9.17) is 0 Å². The van der Waals surface area contributed by atoms with E-state index in [0.29, 0.717) is 24.3 Å². The normalized spacial score (nSPS) is 11.1. The maximum absolute atomic E-state index is 12.4. The molecule has 1 aromatic carbocycles. The largest absolute Gasteiger partial charge is 0.465 e. The number of ether oxygens (including phenoxy) is 1. The molecule has 2 N–H and O–H groups in total. The number of amides is 2. The van der Waals surface area contributed by atoms with Gasteiger partial charge in [0, 0.05) is 18.8 Å². The second-order valence-corrected chi connectivity index (χ2v) is 6.21. The minimum absolute atomic E-state index is 0.323. The summed E-state index contributed by atoms with van der Waals surface area (Å²) < 4.78 is 4.65. The molecule has 0 unspecified atom stereocenters. The number of rotatable bonds is 7. The van der Waals surface area contributed by atoms with Crippen LogP contribution >= 0.6 is 0 Å². The molecule has 7 nitrogen and oxygen atoms in total. The van der Waals surface area contributed by atoms with E-state index in [1.54, 1.807) is 32.0 Å². The molecular formula is C17H25N3O4. The van der Waals surface area contributed by atoms with Gasteiger partial charge < -0.3 is 20.3 Å². The van der Waals surface area contributed by atoms with Gasteiger partial charge in [0.25, 0.3) is 0 Å². The molecule has 0 saturated carbocycles. The van der Waals surface area contributed by atoms with Crippen molar-refractivity contribution in [3.05, 3.63) is 29.8 Å². The van der Waals surface area contributed by atoms with Crippen molar-refractivity contribution in [2.24, 2.45) is 5.41 Å². The molecule has 0 heterocycles. The Morgan fingerprint density at radius 1 is 1.17 bits per heavy atom. The molecule has 24 heavy (non-hydrogen) atoms. The van der Waals surface area contributed by atoms with Gasteiger partial charge in [-0.05, 0) is 46.1 Å². The van der Waals surface area contributed by atoms with Crippen LogP contribution in [-0.2, 0) is 14.3 Å². The Morgan fingerprint density at radius 3 is 2.42 bits per heavy atom. The first kappa shape index (κ1) is 19.6. The minimum Gasteiger partial charge on any atom is -0.465 e. The lowest BCUT2D eigenvalue weighted by molar-refractivity contribution is -0.138. The van der Waals surface area contributed by atoms with Gasteiger partial charge in [-0.25, -0.2) is 4.79 Å². The molecule has 0 aromatic heterocycles. The van der Waals surface area contributed by atoms with Crippen molar-refractivity contribution in [2.75, 3.05) is 39.6 Å². The zero-order valence-corrected chi connectivity index (χ0v) is 14.8. The van der Waals surface area contributed by atoms with Gasteiger partial charge in [-0.15, -0.1) is 0 Å². The molecule has 132 valence electrons. The summed E-state index contributed by atoms with van der Waals surface area (Å²) in [7, 11) is 5.09. The van der Waals surface area contributed by atoms with Crippen LogP contribution in [0.1, 0.15) is 24.2 Å². The van der Waals surface area contributed by atoms with Crippen LogP contribution in [0.3, 0.4) is 0 Å². The lowest BCUT2D eigenvalue weighted by atomic mass is 9.91. The highest BCUT2D eigenvalue weighted by molar-refractivity contribution is 6.10. The van der Waals surface area contributed by atoms with Crippen molar-refractivity contribution >= 4 is 23.5 Å². The maximum atomic E-state index is 12.4. The van der Waals surface area contributed by atoms with Crippen LogP contribution in [0.2, 0.25) is 0 Å². The average Bonchev–Trinajstić information content (AvgIpc) is 2.53. The third kappa shape index (κ3) is 5.34. The van der Waals surface area contributed by atoms with E-state index >= 15 is 0 Å². The summed E-state index contributed by atoms with van der Waals surface area (Å²) in [4.78, 5) is 38.1. The lowest BCUT2D eigenvalue weighted by Gasteiger charge is -2.23. The van der Waals surface area contributed by atoms with Crippen LogP contribution < -0.4 is 10.6 Å². The number of methoxy groups -OCH3 is 1. The molecular weight excluding hydrogens is 310 g/mol. The van der Waals surface area contributed by atoms with Crippen molar-refractivity contribution in [1.29, 1.82) is 0 Å². The second kappa shape index (κ2) is 8.44. The van der Waals surface area contributed by atoms with Gasteiger partial charge in [-0.3, -0.25) is 9.59 Å². The van der Waals surface area contributed by atoms with Crippen molar-refractivity contribution in [3.63, 3.8) is 0 Å². The van der Waals surface area contributed by atoms with Gasteiger partial charge >= 0.3 is 5.97 Å². The number of nitrogens with zero attached hydrogens (tertiary/aromatic N) is 1. The van der Waals surface area contributed by atoms with Crippen molar-refractivity contribution < 1.29 is 19.1 Å². The molecule has 1 rings (SSSR count). The third-order valence-electron chi connectivity index (χ3n) is 3.52. The Balaban J connectivity index is 2.75. The number of likely N-dealkylation sites (N-methyl/N-ethyl adjacent to an activating group) is 1. The quantitative estimate of drug-likeness (QED) is 0.576. The molecule has 1 aromatic rings. The fourth-order valence-corrected chi connectivity index (χ4v) is 1.85. The number of esters is 1. The fraction of sp³-hybridized carbons (Fsp3) is 0.471. The van der Waals surface area contributed by atoms with Crippen LogP contribution in [-0.4, -0.2) is 57.0 Å². The number of hydrogen-bond donors (Lipinski definition) is 2. The Bertz CT molecular complexity index is 612. The van der Waals surface area contributed by atoms with Crippen LogP contribution in [0, 0.1) is 5.41 Å². The Labute approximate surface area is 142 Å². The minimum atomic E-state index is -1.24. The first-order valence-electron chi connectivity index (χ1n) is 7.61. The number of benzene rings is 1. The molecule has 0 fully saturated rings. The molecule has 0 atom stereocenters. The van der Waals surface area contributed by atoms with Crippen LogP contribution in [0.5, 0.6) is 0 Å². The summed E-state index contributed by atoms with van der Waals surface area (Å²) >= 11 is 0. The number of carbonyl (C=O) groups excluding carboxylic acids is 3. The smallest absolute Gasteiger partial charge is 0.337 e. The second-order valence-electron chi connectivity index (χ2n) is 6.21. The van der Waals surface area contributed by atoms with Crippen LogP contribution in [0.15, 0.2) is 24.3 Å². The summed E-state index contributed by atoms with van der Waals surface area (Å²) in [6.45, 7) is 4.25. The maximum Gasteiger partial charge on any atom is 0.337 e. The van der Waals surface area contributed by atoms with Crippen molar-refractivity contribution in [1.82, 2.24) is 10.2 Å². The van der Waals surface area contributed by atoms with E-state index in [2.05, 4.69) is 15.4 Å². The van der Waals surface area contributed by atoms with Crippen LogP contribution in [0.25, 0.3) is 0 Å². The summed E-state index contributed by atoms with van der Waals surface area (Å²) in [5.41, 5.74) is -0.492. The van der Waals surface area contributed by atoms with Crippen molar-refractivity contribution in [2.45, 2.75) is 13.8 Å². The van der Waals surface area contributed by atoms with Gasteiger partial charge in [0.05, 0.1) is 12.7 Å². The molecule has 0 saturated heterocycles. The van der Waals surface area contributed by atoms with Crippen molar-refractivity contribution in [3.8, 4) is 0 Å². The highest BCUT2D eigenvalue weighted by Gasteiger charge is 2.35. The molecule has 0 aliphatic carbocycles. The summed E-state index contributed by atoms with van der Waals surface area (Å²) in [5.74, 6) is -1.30. The summed E-state index contributed by atoms with van der Waals surface area (Å²) in [5, 5.41) is 5.41.